The van der Waals surface area contributed by atoms with Gasteiger partial charge in [-0.1, -0.05) is 0 Å². The molecule has 0 unspecified atom stereocenters. The maximum Gasteiger partial charge on any atom is 0.307 e. The Morgan fingerprint density at radius 2 is 2.29 bits per heavy atom. The summed E-state index contributed by atoms with van der Waals surface area (Å²) in [5, 5.41) is 8.69. The number of carboxylic acids is 1. The standard InChI is InChI=1S/C10H12F2N2O3/c1-17-9-5(3-7(15)16)2-6(4-13)14-8(9)10(11)12/h2,10H,3-4,13H2,1H3,(H,15,16). The van der Waals surface area contributed by atoms with E-state index in [1.165, 1.54) is 13.2 Å². The molecule has 7 heteroatoms. The van der Waals surface area contributed by atoms with E-state index in [1.54, 1.807) is 0 Å². The van der Waals surface area contributed by atoms with Crippen LogP contribution in [0.15, 0.2) is 6.07 Å². The van der Waals surface area contributed by atoms with Crippen LogP contribution >= 0.6 is 0 Å². The molecule has 94 valence electrons. The van der Waals surface area contributed by atoms with Crippen molar-refractivity contribution in [1.29, 1.82) is 0 Å². The van der Waals surface area contributed by atoms with Gasteiger partial charge in [-0.25, -0.2) is 13.8 Å². The molecule has 0 radical (unpaired) electrons. The first-order valence-electron chi connectivity index (χ1n) is 4.76. The van der Waals surface area contributed by atoms with Crippen LogP contribution in [0.25, 0.3) is 0 Å². The predicted octanol–water partition coefficient (Wildman–Crippen LogP) is 1.11. The highest BCUT2D eigenvalue weighted by Crippen LogP contribution is 2.31. The molecule has 0 saturated heterocycles. The molecule has 0 atom stereocenters. The van der Waals surface area contributed by atoms with Gasteiger partial charge < -0.3 is 15.6 Å². The average Bonchev–Trinajstić information content (AvgIpc) is 2.26. The SMILES string of the molecule is COc1c(CC(=O)O)cc(CN)nc1C(F)F. The molecule has 0 spiro atoms. The van der Waals surface area contributed by atoms with Crippen molar-refractivity contribution >= 4 is 5.97 Å². The minimum atomic E-state index is -2.84. The highest BCUT2D eigenvalue weighted by Gasteiger charge is 2.21. The molecule has 0 amide bonds. The van der Waals surface area contributed by atoms with E-state index in [4.69, 9.17) is 15.6 Å². The largest absolute Gasteiger partial charge is 0.494 e. The summed E-state index contributed by atoms with van der Waals surface area (Å²) in [6, 6.07) is 1.36. The number of carbonyl (C=O) groups is 1. The van der Waals surface area contributed by atoms with Gasteiger partial charge in [-0.2, -0.15) is 0 Å². The molecule has 17 heavy (non-hydrogen) atoms. The molecule has 1 rings (SSSR count). The Hall–Kier alpha value is -1.76. The van der Waals surface area contributed by atoms with Gasteiger partial charge in [0.2, 0.25) is 0 Å². The maximum absolute atomic E-state index is 12.7. The van der Waals surface area contributed by atoms with Gasteiger partial charge in [-0.3, -0.25) is 4.79 Å². The summed E-state index contributed by atoms with van der Waals surface area (Å²) in [4.78, 5) is 14.3. The van der Waals surface area contributed by atoms with Crippen LogP contribution in [0.5, 0.6) is 5.75 Å². The molecule has 0 fully saturated rings. The Kier molecular flexibility index (Phi) is 4.33. The third-order valence-electron chi connectivity index (χ3n) is 2.09. The molecule has 0 aliphatic heterocycles. The van der Waals surface area contributed by atoms with E-state index in [9.17, 15) is 13.6 Å². The Morgan fingerprint density at radius 3 is 2.71 bits per heavy atom. The van der Waals surface area contributed by atoms with Crippen LogP contribution in [-0.4, -0.2) is 23.2 Å². The smallest absolute Gasteiger partial charge is 0.307 e. The normalized spacial score (nSPS) is 10.6. The summed E-state index contributed by atoms with van der Waals surface area (Å²) < 4.78 is 30.2. The molecule has 3 N–H and O–H groups in total. The van der Waals surface area contributed by atoms with Crippen molar-refractivity contribution in [3.05, 3.63) is 23.0 Å². The number of carboxylic acid groups (broad SMARTS) is 1. The van der Waals surface area contributed by atoms with Gasteiger partial charge in [0, 0.05) is 12.1 Å². The van der Waals surface area contributed by atoms with Crippen molar-refractivity contribution in [1.82, 2.24) is 4.98 Å². The van der Waals surface area contributed by atoms with Crippen LogP contribution < -0.4 is 10.5 Å². The van der Waals surface area contributed by atoms with Crippen LogP contribution in [0.4, 0.5) is 8.78 Å². The molecule has 1 aromatic rings. The molecular formula is C10H12F2N2O3. The topological polar surface area (TPSA) is 85.4 Å². The zero-order valence-electron chi connectivity index (χ0n) is 9.11. The molecule has 1 aromatic heterocycles. The summed E-state index contributed by atoms with van der Waals surface area (Å²) in [5.41, 5.74) is 5.09. The van der Waals surface area contributed by atoms with E-state index >= 15 is 0 Å². The lowest BCUT2D eigenvalue weighted by molar-refractivity contribution is -0.136. The number of nitrogens with zero attached hydrogens (tertiary/aromatic N) is 1. The third-order valence-corrected chi connectivity index (χ3v) is 2.09. The van der Waals surface area contributed by atoms with Gasteiger partial charge in [-0.05, 0) is 6.07 Å². The van der Waals surface area contributed by atoms with Crippen LogP contribution in [0.1, 0.15) is 23.4 Å². The number of alkyl halides is 2. The Morgan fingerprint density at radius 1 is 1.65 bits per heavy atom. The zero-order valence-corrected chi connectivity index (χ0v) is 9.11. The minimum Gasteiger partial charge on any atom is -0.494 e. The predicted molar refractivity (Wildman–Crippen MR) is 55.0 cm³/mol. The van der Waals surface area contributed by atoms with Gasteiger partial charge in [0.15, 0.2) is 0 Å². The molecule has 5 nitrogen and oxygen atoms in total. The second-order valence-electron chi connectivity index (χ2n) is 3.27. The van der Waals surface area contributed by atoms with Crippen molar-refractivity contribution in [2.24, 2.45) is 5.73 Å². The highest BCUT2D eigenvalue weighted by molar-refractivity contribution is 5.71. The summed E-state index contributed by atoms with van der Waals surface area (Å²) in [6.45, 7) is -0.0453. The van der Waals surface area contributed by atoms with Gasteiger partial charge in [0.25, 0.3) is 6.43 Å². The highest BCUT2D eigenvalue weighted by atomic mass is 19.3. The Balaban J connectivity index is 3.33. The number of hydrogen-bond donors (Lipinski definition) is 2. The number of rotatable bonds is 5. The fourth-order valence-electron chi connectivity index (χ4n) is 1.45. The molecule has 0 saturated carbocycles. The van der Waals surface area contributed by atoms with Crippen molar-refractivity contribution < 1.29 is 23.4 Å². The lowest BCUT2D eigenvalue weighted by Crippen LogP contribution is -2.10. The van der Waals surface area contributed by atoms with E-state index in [0.29, 0.717) is 0 Å². The zero-order chi connectivity index (χ0) is 13.0. The van der Waals surface area contributed by atoms with Crippen LogP contribution in [-0.2, 0) is 17.8 Å². The first kappa shape index (κ1) is 13.3. The molecule has 0 aliphatic carbocycles. The number of ether oxygens (including phenoxy) is 1. The fourth-order valence-corrected chi connectivity index (χ4v) is 1.45. The number of nitrogens with two attached hydrogens (primary N) is 1. The van der Waals surface area contributed by atoms with E-state index in [0.717, 1.165) is 0 Å². The first-order valence-corrected chi connectivity index (χ1v) is 4.76. The second kappa shape index (κ2) is 5.53. The van der Waals surface area contributed by atoms with E-state index in [1.807, 2.05) is 0 Å². The van der Waals surface area contributed by atoms with Crippen LogP contribution in [0.3, 0.4) is 0 Å². The fraction of sp³-hybridized carbons (Fsp3) is 0.400. The summed E-state index contributed by atoms with van der Waals surface area (Å²) in [5.74, 6) is -1.34. The van der Waals surface area contributed by atoms with E-state index in [2.05, 4.69) is 4.98 Å². The lowest BCUT2D eigenvalue weighted by atomic mass is 10.1. The quantitative estimate of drug-likeness (QED) is 0.812. The van der Waals surface area contributed by atoms with Crippen molar-refractivity contribution in [2.75, 3.05) is 7.11 Å². The van der Waals surface area contributed by atoms with Crippen molar-refractivity contribution in [3.63, 3.8) is 0 Å². The maximum atomic E-state index is 12.7. The van der Waals surface area contributed by atoms with E-state index < -0.39 is 24.5 Å². The monoisotopic (exact) mass is 246 g/mol. The van der Waals surface area contributed by atoms with Gasteiger partial charge in [0.1, 0.15) is 11.4 Å². The van der Waals surface area contributed by atoms with E-state index in [-0.39, 0.29) is 23.6 Å². The number of pyridine rings is 1. The van der Waals surface area contributed by atoms with Gasteiger partial charge in [0.05, 0.1) is 19.2 Å². The molecular weight excluding hydrogens is 234 g/mol. The van der Waals surface area contributed by atoms with Gasteiger partial charge >= 0.3 is 5.97 Å². The van der Waals surface area contributed by atoms with Crippen molar-refractivity contribution in [3.8, 4) is 5.75 Å². The second-order valence-corrected chi connectivity index (χ2v) is 3.27. The number of aromatic nitrogens is 1. The lowest BCUT2D eigenvalue weighted by Gasteiger charge is -2.13. The summed E-state index contributed by atoms with van der Waals surface area (Å²) >= 11 is 0. The van der Waals surface area contributed by atoms with Gasteiger partial charge in [-0.15, -0.1) is 0 Å². The first-order chi connectivity index (χ1) is 7.99. The summed E-state index contributed by atoms with van der Waals surface area (Å²) in [6.07, 6.45) is -3.26. The molecule has 0 aliphatic rings. The van der Waals surface area contributed by atoms with Crippen molar-refractivity contribution in [2.45, 2.75) is 19.4 Å². The molecule has 0 aromatic carbocycles. The van der Waals surface area contributed by atoms with Crippen LogP contribution in [0, 0.1) is 0 Å². The molecule has 0 bridgehead atoms. The summed E-state index contributed by atoms with van der Waals surface area (Å²) in [7, 11) is 1.19. The number of hydrogen-bond acceptors (Lipinski definition) is 4. The number of halogens is 2. The van der Waals surface area contributed by atoms with Crippen LogP contribution in [0.2, 0.25) is 0 Å². The Bertz CT molecular complexity index is 424. The molecule has 1 heterocycles. The number of aliphatic carboxylic acids is 1. The Labute approximate surface area is 96.2 Å². The third kappa shape index (κ3) is 3.10. The average molecular weight is 246 g/mol. The number of methoxy groups -OCH3 is 1. The minimum absolute atomic E-state index is 0.0453.